The summed E-state index contributed by atoms with van der Waals surface area (Å²) >= 11 is 0. The highest BCUT2D eigenvalue weighted by molar-refractivity contribution is 7.92. The van der Waals surface area contributed by atoms with Crippen molar-refractivity contribution in [3.8, 4) is 0 Å². The topological polar surface area (TPSA) is 86.8 Å². The molecular weight excluding hydrogens is 457 g/mol. The molecule has 0 aliphatic heterocycles. The number of benzene rings is 2. The van der Waals surface area contributed by atoms with Crippen LogP contribution in [0.15, 0.2) is 42.5 Å². The smallest absolute Gasteiger partial charge is 0.244 e. The Balaban J connectivity index is 2.41. The van der Waals surface area contributed by atoms with Crippen molar-refractivity contribution in [2.45, 2.75) is 59.7 Å². The maximum Gasteiger partial charge on any atom is 0.244 e. The molecule has 0 aliphatic rings. The molecule has 2 atom stereocenters. The molecule has 2 aromatic rings. The Kier molecular flexibility index (Phi) is 9.21. The number of anilines is 1. The van der Waals surface area contributed by atoms with Crippen molar-refractivity contribution < 1.29 is 22.4 Å². The molecule has 7 nitrogen and oxygen atoms in total. The van der Waals surface area contributed by atoms with E-state index in [2.05, 4.69) is 5.32 Å². The molecule has 0 aromatic heterocycles. The van der Waals surface area contributed by atoms with Crippen molar-refractivity contribution in [1.29, 1.82) is 0 Å². The number of carbonyl (C=O) groups excluding carboxylic acids is 2. The maximum absolute atomic E-state index is 13.5. The molecule has 2 aromatic carbocycles. The van der Waals surface area contributed by atoms with Gasteiger partial charge in [-0.1, -0.05) is 25.1 Å². The molecule has 2 amide bonds. The normalized spacial score (nSPS) is 13.1. The number of aryl methyl sites for hydroxylation is 2. The van der Waals surface area contributed by atoms with Gasteiger partial charge in [0.1, 0.15) is 18.4 Å². The van der Waals surface area contributed by atoms with Crippen molar-refractivity contribution in [3.63, 3.8) is 0 Å². The zero-order chi connectivity index (χ0) is 25.6. The fraction of sp³-hybridized carbons (Fsp3) is 0.440. The number of sulfonamides is 1. The van der Waals surface area contributed by atoms with Gasteiger partial charge >= 0.3 is 0 Å². The van der Waals surface area contributed by atoms with Gasteiger partial charge in [0.05, 0.1) is 11.9 Å². The molecule has 2 rings (SSSR count). The van der Waals surface area contributed by atoms with E-state index in [1.54, 1.807) is 19.1 Å². The zero-order valence-electron chi connectivity index (χ0n) is 20.6. The number of hydrogen-bond acceptors (Lipinski definition) is 4. The minimum atomic E-state index is -3.79. The predicted molar refractivity (Wildman–Crippen MR) is 132 cm³/mol. The minimum Gasteiger partial charge on any atom is -0.352 e. The average molecular weight is 492 g/mol. The van der Waals surface area contributed by atoms with E-state index >= 15 is 0 Å². The second-order valence-electron chi connectivity index (χ2n) is 8.76. The van der Waals surface area contributed by atoms with Crippen LogP contribution in [0, 0.1) is 19.7 Å². The number of amides is 2. The molecule has 0 saturated heterocycles. The largest absolute Gasteiger partial charge is 0.352 e. The fourth-order valence-electron chi connectivity index (χ4n) is 3.54. The van der Waals surface area contributed by atoms with Gasteiger partial charge < -0.3 is 10.2 Å². The summed E-state index contributed by atoms with van der Waals surface area (Å²) in [6.07, 6.45) is 1.76. The molecule has 0 spiro atoms. The lowest BCUT2D eigenvalue weighted by molar-refractivity contribution is -0.139. The van der Waals surface area contributed by atoms with Crippen LogP contribution in [-0.2, 0) is 26.2 Å². The Labute approximate surface area is 202 Å². The molecular formula is C25H34FN3O4S. The highest BCUT2D eigenvalue weighted by Gasteiger charge is 2.30. The highest BCUT2D eigenvalue weighted by atomic mass is 32.2. The second kappa shape index (κ2) is 11.5. The van der Waals surface area contributed by atoms with Crippen LogP contribution in [0.3, 0.4) is 0 Å². The second-order valence-corrected chi connectivity index (χ2v) is 10.7. The molecule has 0 bridgehead atoms. The third-order valence-electron chi connectivity index (χ3n) is 5.61. The van der Waals surface area contributed by atoms with Gasteiger partial charge in [-0.25, -0.2) is 12.8 Å². The first-order valence-electron chi connectivity index (χ1n) is 11.2. The standard InChI is InChI=1S/C25H34FN3O4S/c1-7-19(4)27-25(31)20(5)28(15-21-8-10-22(26)11-9-21)24(30)16-29(34(6,32)33)23-13-17(2)12-18(3)14-23/h8-14,19-20H,7,15-16H2,1-6H3,(H,27,31)/t19-,20-/m0/s1. The Bertz CT molecular complexity index is 1100. The van der Waals surface area contributed by atoms with Gasteiger partial charge in [0, 0.05) is 12.6 Å². The van der Waals surface area contributed by atoms with Crippen molar-refractivity contribution in [2.75, 3.05) is 17.1 Å². The van der Waals surface area contributed by atoms with Gasteiger partial charge in [-0.3, -0.25) is 13.9 Å². The quantitative estimate of drug-likeness (QED) is 0.551. The van der Waals surface area contributed by atoms with Crippen molar-refractivity contribution >= 4 is 27.5 Å². The van der Waals surface area contributed by atoms with Gasteiger partial charge in [-0.2, -0.15) is 0 Å². The number of hydrogen-bond donors (Lipinski definition) is 1. The highest BCUT2D eigenvalue weighted by Crippen LogP contribution is 2.22. The molecule has 0 fully saturated rings. The van der Waals surface area contributed by atoms with Gasteiger partial charge in [0.25, 0.3) is 0 Å². The number of halogens is 1. The Morgan fingerprint density at radius 3 is 2.09 bits per heavy atom. The number of carbonyl (C=O) groups is 2. The van der Waals surface area contributed by atoms with Crippen LogP contribution in [0.25, 0.3) is 0 Å². The third kappa shape index (κ3) is 7.55. The van der Waals surface area contributed by atoms with E-state index in [1.807, 2.05) is 33.8 Å². The Hall–Kier alpha value is -2.94. The van der Waals surface area contributed by atoms with E-state index in [-0.39, 0.29) is 18.5 Å². The zero-order valence-corrected chi connectivity index (χ0v) is 21.4. The summed E-state index contributed by atoms with van der Waals surface area (Å²) in [6.45, 7) is 8.65. The van der Waals surface area contributed by atoms with Crippen LogP contribution >= 0.6 is 0 Å². The molecule has 9 heteroatoms. The van der Waals surface area contributed by atoms with E-state index in [0.29, 0.717) is 11.3 Å². The molecule has 0 heterocycles. The van der Waals surface area contributed by atoms with Crippen LogP contribution in [-0.4, -0.2) is 50.0 Å². The summed E-state index contributed by atoms with van der Waals surface area (Å²) in [7, 11) is -3.79. The molecule has 0 saturated carbocycles. The number of rotatable bonds is 10. The van der Waals surface area contributed by atoms with Crippen molar-refractivity contribution in [1.82, 2.24) is 10.2 Å². The van der Waals surface area contributed by atoms with Gasteiger partial charge in [-0.05, 0) is 75.1 Å². The predicted octanol–water partition coefficient (Wildman–Crippen LogP) is 3.54. The van der Waals surface area contributed by atoms with Crippen molar-refractivity contribution in [2.24, 2.45) is 0 Å². The lowest BCUT2D eigenvalue weighted by Crippen LogP contribution is -2.52. The monoisotopic (exact) mass is 491 g/mol. The van der Waals surface area contributed by atoms with E-state index < -0.39 is 34.3 Å². The van der Waals surface area contributed by atoms with E-state index in [9.17, 15) is 22.4 Å². The molecule has 0 unspecified atom stereocenters. The minimum absolute atomic E-state index is 0.0264. The van der Waals surface area contributed by atoms with Crippen LogP contribution in [0.4, 0.5) is 10.1 Å². The Morgan fingerprint density at radius 1 is 1.03 bits per heavy atom. The summed E-state index contributed by atoms with van der Waals surface area (Å²) < 4.78 is 39.7. The molecule has 34 heavy (non-hydrogen) atoms. The average Bonchev–Trinajstić information content (AvgIpc) is 2.74. The van der Waals surface area contributed by atoms with Crippen LogP contribution in [0.5, 0.6) is 0 Å². The number of nitrogens with one attached hydrogen (secondary N) is 1. The van der Waals surface area contributed by atoms with Crippen LogP contribution < -0.4 is 9.62 Å². The summed E-state index contributed by atoms with van der Waals surface area (Å²) in [6, 6.07) is 9.98. The molecule has 0 radical (unpaired) electrons. The van der Waals surface area contributed by atoms with Gasteiger partial charge in [0.2, 0.25) is 21.8 Å². The SMILES string of the molecule is CC[C@H](C)NC(=O)[C@H](C)N(Cc1ccc(F)cc1)C(=O)CN(c1cc(C)cc(C)c1)S(C)(=O)=O. The van der Waals surface area contributed by atoms with E-state index in [4.69, 9.17) is 0 Å². The summed E-state index contributed by atoms with van der Waals surface area (Å²) in [5, 5.41) is 2.87. The van der Waals surface area contributed by atoms with Crippen molar-refractivity contribution in [3.05, 3.63) is 65.0 Å². The molecule has 0 aliphatic carbocycles. The first kappa shape index (κ1) is 27.3. The first-order valence-corrected chi connectivity index (χ1v) is 13.1. The maximum atomic E-state index is 13.5. The van der Waals surface area contributed by atoms with Crippen LogP contribution in [0.2, 0.25) is 0 Å². The van der Waals surface area contributed by atoms with E-state index in [0.717, 1.165) is 28.1 Å². The fourth-order valence-corrected chi connectivity index (χ4v) is 4.38. The summed E-state index contributed by atoms with van der Waals surface area (Å²) in [4.78, 5) is 27.7. The van der Waals surface area contributed by atoms with Gasteiger partial charge in [0.15, 0.2) is 0 Å². The van der Waals surface area contributed by atoms with E-state index in [1.165, 1.54) is 29.2 Å². The number of nitrogens with zero attached hydrogens (tertiary/aromatic N) is 2. The van der Waals surface area contributed by atoms with Crippen LogP contribution in [0.1, 0.15) is 43.9 Å². The summed E-state index contributed by atoms with van der Waals surface area (Å²) in [5.74, 6) is -1.30. The lowest BCUT2D eigenvalue weighted by atomic mass is 10.1. The van der Waals surface area contributed by atoms with Gasteiger partial charge in [-0.15, -0.1) is 0 Å². The molecule has 186 valence electrons. The molecule has 1 N–H and O–H groups in total. The first-order chi connectivity index (χ1) is 15.8. The summed E-state index contributed by atoms with van der Waals surface area (Å²) in [5.41, 5.74) is 2.73. The Morgan fingerprint density at radius 2 is 1.59 bits per heavy atom. The third-order valence-corrected chi connectivity index (χ3v) is 6.75. The lowest BCUT2D eigenvalue weighted by Gasteiger charge is -2.32.